The van der Waals surface area contributed by atoms with Gasteiger partial charge in [-0.2, -0.15) is 0 Å². The van der Waals surface area contributed by atoms with E-state index in [1.807, 2.05) is 0 Å². The molecule has 1 fully saturated rings. The maximum Gasteiger partial charge on any atom is 0.253 e. The number of carbonyl (C=O) groups is 2. The van der Waals surface area contributed by atoms with Crippen LogP contribution < -0.4 is 11.1 Å². The van der Waals surface area contributed by atoms with E-state index in [-0.39, 0.29) is 23.5 Å². The summed E-state index contributed by atoms with van der Waals surface area (Å²) in [6, 6.07) is 5.47. The van der Waals surface area contributed by atoms with Crippen LogP contribution in [0.15, 0.2) is 24.3 Å². The molecule has 0 bridgehead atoms. The van der Waals surface area contributed by atoms with Gasteiger partial charge in [0.05, 0.1) is 5.92 Å². The van der Waals surface area contributed by atoms with Crippen LogP contribution in [0.1, 0.15) is 23.2 Å². The highest BCUT2D eigenvalue weighted by Gasteiger charge is 2.28. The van der Waals surface area contributed by atoms with Gasteiger partial charge in [-0.1, -0.05) is 0 Å². The van der Waals surface area contributed by atoms with Gasteiger partial charge in [0.15, 0.2) is 0 Å². The molecule has 1 aromatic rings. The molecular weight excluding hydrogens is 273 g/mol. The molecular formula is C15H20FN3O2. The molecule has 0 radical (unpaired) electrons. The van der Waals surface area contributed by atoms with E-state index in [1.54, 1.807) is 4.90 Å². The fourth-order valence-electron chi connectivity index (χ4n) is 2.49. The summed E-state index contributed by atoms with van der Waals surface area (Å²) in [4.78, 5) is 26.0. The number of hydrogen-bond donors (Lipinski definition) is 2. The maximum atomic E-state index is 12.9. The third-order valence-electron chi connectivity index (χ3n) is 3.61. The highest BCUT2D eigenvalue weighted by Crippen LogP contribution is 2.19. The number of rotatable bonds is 4. The normalized spacial score (nSPS) is 18.4. The zero-order valence-corrected chi connectivity index (χ0v) is 11.8. The Morgan fingerprint density at radius 2 is 2.05 bits per heavy atom. The molecule has 1 aromatic carbocycles. The largest absolute Gasteiger partial charge is 0.355 e. The van der Waals surface area contributed by atoms with E-state index in [4.69, 9.17) is 5.73 Å². The van der Waals surface area contributed by atoms with E-state index in [0.29, 0.717) is 31.7 Å². The summed E-state index contributed by atoms with van der Waals surface area (Å²) in [5.74, 6) is -0.790. The molecule has 2 amide bonds. The zero-order valence-electron chi connectivity index (χ0n) is 11.8. The summed E-state index contributed by atoms with van der Waals surface area (Å²) >= 11 is 0. The maximum absolute atomic E-state index is 12.9. The lowest BCUT2D eigenvalue weighted by atomic mass is 9.96. The van der Waals surface area contributed by atoms with Gasteiger partial charge in [0.25, 0.3) is 5.91 Å². The molecule has 114 valence electrons. The molecule has 1 saturated heterocycles. The minimum absolute atomic E-state index is 0.0583. The first-order chi connectivity index (χ1) is 10.1. The molecule has 0 saturated carbocycles. The number of halogens is 1. The summed E-state index contributed by atoms with van der Waals surface area (Å²) in [5, 5.41) is 2.76. The zero-order chi connectivity index (χ0) is 15.2. The predicted octanol–water partition coefficient (Wildman–Crippen LogP) is 0.753. The topological polar surface area (TPSA) is 75.4 Å². The number of piperidine rings is 1. The monoisotopic (exact) mass is 293 g/mol. The quantitative estimate of drug-likeness (QED) is 0.860. The van der Waals surface area contributed by atoms with E-state index in [1.165, 1.54) is 24.3 Å². The van der Waals surface area contributed by atoms with Crippen LogP contribution >= 0.6 is 0 Å². The smallest absolute Gasteiger partial charge is 0.253 e. The Labute approximate surface area is 123 Å². The van der Waals surface area contributed by atoms with Gasteiger partial charge in [-0.25, -0.2) is 4.39 Å². The molecule has 1 heterocycles. The van der Waals surface area contributed by atoms with Crippen molar-refractivity contribution in [3.8, 4) is 0 Å². The van der Waals surface area contributed by atoms with Crippen molar-refractivity contribution >= 4 is 11.8 Å². The second-order valence-corrected chi connectivity index (χ2v) is 5.18. The molecule has 6 heteroatoms. The summed E-state index contributed by atoms with van der Waals surface area (Å²) in [5.41, 5.74) is 5.80. The average molecular weight is 293 g/mol. The van der Waals surface area contributed by atoms with E-state index in [0.717, 1.165) is 12.8 Å². The van der Waals surface area contributed by atoms with Crippen molar-refractivity contribution < 1.29 is 14.0 Å². The van der Waals surface area contributed by atoms with E-state index in [2.05, 4.69) is 5.32 Å². The van der Waals surface area contributed by atoms with Crippen molar-refractivity contribution in [2.24, 2.45) is 11.7 Å². The predicted molar refractivity (Wildman–Crippen MR) is 77.1 cm³/mol. The third kappa shape index (κ3) is 4.01. The first kappa shape index (κ1) is 15.4. The van der Waals surface area contributed by atoms with Gasteiger partial charge in [0, 0.05) is 31.7 Å². The lowest BCUT2D eigenvalue weighted by molar-refractivity contribution is -0.126. The fourth-order valence-corrected chi connectivity index (χ4v) is 2.49. The van der Waals surface area contributed by atoms with Crippen LogP contribution in [0.25, 0.3) is 0 Å². The Balaban J connectivity index is 1.98. The highest BCUT2D eigenvalue weighted by atomic mass is 19.1. The number of nitrogens with two attached hydrogens (primary N) is 1. The highest BCUT2D eigenvalue weighted by molar-refractivity contribution is 5.94. The molecule has 2 rings (SSSR count). The number of carbonyl (C=O) groups excluding carboxylic acids is 2. The van der Waals surface area contributed by atoms with Crippen LogP contribution in [0.4, 0.5) is 4.39 Å². The molecule has 1 atom stereocenters. The van der Waals surface area contributed by atoms with Crippen molar-refractivity contribution in [1.82, 2.24) is 10.2 Å². The van der Waals surface area contributed by atoms with E-state index >= 15 is 0 Å². The first-order valence-electron chi connectivity index (χ1n) is 7.14. The van der Waals surface area contributed by atoms with Crippen LogP contribution in [0.2, 0.25) is 0 Å². The van der Waals surface area contributed by atoms with Crippen molar-refractivity contribution in [3.05, 3.63) is 35.6 Å². The SMILES string of the molecule is NCCNC(=O)C1CCCN(C(=O)c2ccc(F)cc2)C1. The second kappa shape index (κ2) is 7.17. The van der Waals surface area contributed by atoms with Gasteiger partial charge in [-0.3, -0.25) is 9.59 Å². The molecule has 0 aromatic heterocycles. The van der Waals surface area contributed by atoms with Gasteiger partial charge in [-0.15, -0.1) is 0 Å². The number of likely N-dealkylation sites (tertiary alicyclic amines) is 1. The Hall–Kier alpha value is -1.95. The molecule has 1 aliphatic heterocycles. The number of benzene rings is 1. The first-order valence-corrected chi connectivity index (χ1v) is 7.14. The average Bonchev–Trinajstić information content (AvgIpc) is 2.52. The van der Waals surface area contributed by atoms with Crippen LogP contribution in [0.3, 0.4) is 0 Å². The van der Waals surface area contributed by atoms with Crippen molar-refractivity contribution in [1.29, 1.82) is 0 Å². The summed E-state index contributed by atoms with van der Waals surface area (Å²) in [7, 11) is 0. The van der Waals surface area contributed by atoms with Crippen molar-refractivity contribution in [2.45, 2.75) is 12.8 Å². The van der Waals surface area contributed by atoms with E-state index in [9.17, 15) is 14.0 Å². The molecule has 1 unspecified atom stereocenters. The van der Waals surface area contributed by atoms with Gasteiger partial charge in [0.1, 0.15) is 5.82 Å². The summed E-state index contributed by atoms with van der Waals surface area (Å²) < 4.78 is 12.9. The third-order valence-corrected chi connectivity index (χ3v) is 3.61. The Kier molecular flexibility index (Phi) is 5.27. The second-order valence-electron chi connectivity index (χ2n) is 5.18. The molecule has 0 aliphatic carbocycles. The van der Waals surface area contributed by atoms with Gasteiger partial charge >= 0.3 is 0 Å². The lowest BCUT2D eigenvalue weighted by Crippen LogP contribution is -2.46. The summed E-state index contributed by atoms with van der Waals surface area (Å²) in [6.45, 7) is 1.86. The minimum atomic E-state index is -0.371. The number of hydrogen-bond acceptors (Lipinski definition) is 3. The van der Waals surface area contributed by atoms with Gasteiger partial charge < -0.3 is 16.0 Å². The molecule has 3 N–H and O–H groups in total. The number of nitrogens with zero attached hydrogens (tertiary/aromatic N) is 1. The fraction of sp³-hybridized carbons (Fsp3) is 0.467. The van der Waals surface area contributed by atoms with Crippen LogP contribution in [-0.2, 0) is 4.79 Å². The Morgan fingerprint density at radius 1 is 1.33 bits per heavy atom. The van der Waals surface area contributed by atoms with Crippen LogP contribution in [-0.4, -0.2) is 42.9 Å². The van der Waals surface area contributed by atoms with Gasteiger partial charge in [0.2, 0.25) is 5.91 Å². The minimum Gasteiger partial charge on any atom is -0.355 e. The molecule has 0 spiro atoms. The molecule has 5 nitrogen and oxygen atoms in total. The standard InChI is InChI=1S/C15H20FN3O2/c16-13-5-3-11(4-6-13)15(21)19-9-1-2-12(10-19)14(20)18-8-7-17/h3-6,12H,1-2,7-10,17H2,(H,18,20). The molecule has 21 heavy (non-hydrogen) atoms. The Morgan fingerprint density at radius 3 is 2.71 bits per heavy atom. The Bertz CT molecular complexity index is 504. The summed E-state index contributed by atoms with van der Waals surface area (Å²) in [6.07, 6.45) is 1.55. The molecule has 1 aliphatic rings. The van der Waals surface area contributed by atoms with E-state index < -0.39 is 0 Å². The van der Waals surface area contributed by atoms with Crippen molar-refractivity contribution in [2.75, 3.05) is 26.2 Å². The number of nitrogens with one attached hydrogen (secondary N) is 1. The van der Waals surface area contributed by atoms with Crippen LogP contribution in [0.5, 0.6) is 0 Å². The van der Waals surface area contributed by atoms with Crippen molar-refractivity contribution in [3.63, 3.8) is 0 Å². The van der Waals surface area contributed by atoms with Crippen LogP contribution in [0, 0.1) is 11.7 Å². The van der Waals surface area contributed by atoms with Gasteiger partial charge in [-0.05, 0) is 37.1 Å². The number of amides is 2. The lowest BCUT2D eigenvalue weighted by Gasteiger charge is -2.32.